The molecule has 1 aromatic heterocycles. The van der Waals surface area contributed by atoms with Crippen LogP contribution < -0.4 is 5.32 Å². The Bertz CT molecular complexity index is 990. The van der Waals surface area contributed by atoms with E-state index in [9.17, 15) is 4.79 Å². The van der Waals surface area contributed by atoms with Crippen molar-refractivity contribution < 1.29 is 4.79 Å². The molecule has 1 N–H and O–H groups in total. The number of nitrogens with one attached hydrogen (secondary N) is 1. The monoisotopic (exact) mass is 386 g/mol. The van der Waals surface area contributed by atoms with Crippen molar-refractivity contribution in [1.29, 1.82) is 0 Å². The lowest BCUT2D eigenvalue weighted by Gasteiger charge is -2.36. The molecule has 0 saturated heterocycles. The molecule has 1 amide bonds. The second kappa shape index (κ2) is 7.84. The second-order valence-electron chi connectivity index (χ2n) is 8.06. The molecule has 1 saturated carbocycles. The highest BCUT2D eigenvalue weighted by Gasteiger charge is 2.26. The van der Waals surface area contributed by atoms with Crippen LogP contribution in [0.2, 0.25) is 0 Å². The van der Waals surface area contributed by atoms with E-state index in [1.54, 1.807) is 10.9 Å². The van der Waals surface area contributed by atoms with Crippen LogP contribution in [-0.2, 0) is 12.8 Å². The number of rotatable bonds is 4. The maximum absolute atomic E-state index is 12.7. The van der Waals surface area contributed by atoms with Crippen LogP contribution >= 0.6 is 0 Å². The van der Waals surface area contributed by atoms with Crippen LogP contribution in [0.15, 0.2) is 60.9 Å². The first-order chi connectivity index (χ1) is 14.3. The van der Waals surface area contributed by atoms with E-state index in [2.05, 4.69) is 27.4 Å². The first-order valence-electron chi connectivity index (χ1n) is 10.5. The van der Waals surface area contributed by atoms with Gasteiger partial charge in [0.15, 0.2) is 0 Å². The van der Waals surface area contributed by atoms with E-state index in [4.69, 9.17) is 0 Å². The molecule has 29 heavy (non-hydrogen) atoms. The van der Waals surface area contributed by atoms with E-state index >= 15 is 0 Å². The van der Waals surface area contributed by atoms with E-state index in [1.807, 2.05) is 42.6 Å². The Labute approximate surface area is 171 Å². The highest BCUT2D eigenvalue weighted by molar-refractivity contribution is 6.04. The van der Waals surface area contributed by atoms with Crippen LogP contribution in [0.25, 0.3) is 5.69 Å². The van der Waals surface area contributed by atoms with Crippen molar-refractivity contribution in [1.82, 2.24) is 14.7 Å². The van der Waals surface area contributed by atoms with Crippen LogP contribution in [0, 0.1) is 0 Å². The number of nitrogens with zero attached hydrogens (tertiary/aromatic N) is 3. The lowest BCUT2D eigenvalue weighted by molar-refractivity contribution is 0.102. The van der Waals surface area contributed by atoms with E-state index in [0.717, 1.165) is 43.3 Å². The Kier molecular flexibility index (Phi) is 4.90. The standard InChI is InChI=1S/C24H26N4O/c29-24(19-6-9-23(10-7-19)28-14-2-13-25-28)26-21-8-5-18-11-15-27(22-3-1-4-22)16-12-20(18)17-21/h2,5-10,13-14,17,22H,1,3-4,11-12,15-16H2,(H,26,29). The van der Waals surface area contributed by atoms with Crippen molar-refractivity contribution in [3.8, 4) is 5.69 Å². The predicted molar refractivity (Wildman–Crippen MR) is 115 cm³/mol. The predicted octanol–water partition coefficient (Wildman–Crippen LogP) is 4.08. The summed E-state index contributed by atoms with van der Waals surface area (Å²) in [7, 11) is 0. The first-order valence-corrected chi connectivity index (χ1v) is 10.5. The highest BCUT2D eigenvalue weighted by Crippen LogP contribution is 2.28. The molecule has 0 atom stereocenters. The van der Waals surface area contributed by atoms with Gasteiger partial charge in [0.25, 0.3) is 5.91 Å². The molecule has 0 spiro atoms. The maximum atomic E-state index is 12.7. The van der Waals surface area contributed by atoms with Crippen LogP contribution in [0.3, 0.4) is 0 Å². The van der Waals surface area contributed by atoms with E-state index in [1.165, 1.54) is 30.4 Å². The van der Waals surface area contributed by atoms with Crippen molar-refractivity contribution in [2.45, 2.75) is 38.1 Å². The molecule has 0 bridgehead atoms. The van der Waals surface area contributed by atoms with E-state index in [0.29, 0.717) is 5.56 Å². The zero-order valence-electron chi connectivity index (χ0n) is 16.6. The van der Waals surface area contributed by atoms with E-state index < -0.39 is 0 Å². The third-order valence-electron chi connectivity index (χ3n) is 6.29. The molecule has 148 valence electrons. The fourth-order valence-corrected chi connectivity index (χ4v) is 4.33. The minimum Gasteiger partial charge on any atom is -0.322 e. The van der Waals surface area contributed by atoms with Gasteiger partial charge >= 0.3 is 0 Å². The van der Waals surface area contributed by atoms with Crippen molar-refractivity contribution in [3.63, 3.8) is 0 Å². The minimum absolute atomic E-state index is 0.0818. The van der Waals surface area contributed by atoms with Gasteiger partial charge in [0, 0.05) is 42.8 Å². The molecule has 1 aliphatic heterocycles. The van der Waals surface area contributed by atoms with Gasteiger partial charge in [-0.3, -0.25) is 9.69 Å². The summed E-state index contributed by atoms with van der Waals surface area (Å²) in [5.41, 5.74) is 5.26. The summed E-state index contributed by atoms with van der Waals surface area (Å²) in [6.07, 6.45) is 9.89. The van der Waals surface area contributed by atoms with Crippen molar-refractivity contribution in [3.05, 3.63) is 77.6 Å². The van der Waals surface area contributed by atoms with Crippen molar-refractivity contribution in [2.75, 3.05) is 18.4 Å². The first kappa shape index (κ1) is 18.1. The van der Waals surface area contributed by atoms with Gasteiger partial charge in [-0.2, -0.15) is 5.10 Å². The Morgan fingerprint density at radius 1 is 1.00 bits per heavy atom. The Hall–Kier alpha value is -2.92. The molecule has 2 aliphatic rings. The van der Waals surface area contributed by atoms with Crippen LogP contribution in [0.1, 0.15) is 40.7 Å². The van der Waals surface area contributed by atoms with Crippen LogP contribution in [0.4, 0.5) is 5.69 Å². The fraction of sp³-hybridized carbons (Fsp3) is 0.333. The summed E-state index contributed by atoms with van der Waals surface area (Å²) in [6.45, 7) is 2.29. The Morgan fingerprint density at radius 3 is 2.48 bits per heavy atom. The van der Waals surface area contributed by atoms with Gasteiger partial charge < -0.3 is 5.32 Å². The average Bonchev–Trinajstić information content (AvgIpc) is 3.17. The SMILES string of the molecule is O=C(Nc1ccc2c(c1)CCN(C1CCC1)CC2)c1ccc(-n2cccn2)cc1. The maximum Gasteiger partial charge on any atom is 0.255 e. The minimum atomic E-state index is -0.0818. The number of carbonyl (C=O) groups is 1. The van der Waals surface area contributed by atoms with Gasteiger partial charge in [-0.05, 0) is 79.3 Å². The number of benzene rings is 2. The Morgan fingerprint density at radius 2 is 1.79 bits per heavy atom. The molecule has 1 fully saturated rings. The van der Waals surface area contributed by atoms with Crippen LogP contribution in [-0.4, -0.2) is 39.7 Å². The lowest BCUT2D eigenvalue weighted by atomic mass is 9.91. The number of amides is 1. The van der Waals surface area contributed by atoms with Crippen molar-refractivity contribution in [2.24, 2.45) is 0 Å². The van der Waals surface area contributed by atoms with Gasteiger partial charge in [0.1, 0.15) is 0 Å². The smallest absolute Gasteiger partial charge is 0.255 e. The summed E-state index contributed by atoms with van der Waals surface area (Å²) in [5, 5.41) is 7.28. The fourth-order valence-electron chi connectivity index (χ4n) is 4.33. The molecular weight excluding hydrogens is 360 g/mol. The largest absolute Gasteiger partial charge is 0.322 e. The number of aromatic nitrogens is 2. The molecule has 5 heteroatoms. The normalized spacial score (nSPS) is 17.2. The van der Waals surface area contributed by atoms with Gasteiger partial charge in [-0.15, -0.1) is 0 Å². The number of fused-ring (bicyclic) bond motifs is 1. The molecular formula is C24H26N4O. The zero-order valence-corrected chi connectivity index (χ0v) is 16.6. The molecule has 2 aromatic carbocycles. The number of anilines is 1. The highest BCUT2D eigenvalue weighted by atomic mass is 16.1. The van der Waals surface area contributed by atoms with Crippen molar-refractivity contribution >= 4 is 11.6 Å². The number of carbonyl (C=O) groups excluding carboxylic acids is 1. The van der Waals surface area contributed by atoms with Gasteiger partial charge in [0.2, 0.25) is 0 Å². The third kappa shape index (κ3) is 3.83. The molecule has 5 rings (SSSR count). The number of hydrogen-bond acceptors (Lipinski definition) is 3. The quantitative estimate of drug-likeness (QED) is 0.735. The zero-order chi connectivity index (χ0) is 19.6. The molecule has 0 radical (unpaired) electrons. The average molecular weight is 386 g/mol. The molecule has 1 aliphatic carbocycles. The molecule has 0 unspecified atom stereocenters. The summed E-state index contributed by atoms with van der Waals surface area (Å²) >= 11 is 0. The topological polar surface area (TPSA) is 50.2 Å². The molecule has 5 nitrogen and oxygen atoms in total. The van der Waals surface area contributed by atoms with Gasteiger partial charge in [-0.25, -0.2) is 4.68 Å². The summed E-state index contributed by atoms with van der Waals surface area (Å²) in [4.78, 5) is 15.3. The van der Waals surface area contributed by atoms with Gasteiger partial charge in [-0.1, -0.05) is 12.5 Å². The summed E-state index contributed by atoms with van der Waals surface area (Å²) in [5.74, 6) is -0.0818. The lowest BCUT2D eigenvalue weighted by Crippen LogP contribution is -2.41. The van der Waals surface area contributed by atoms with Crippen LogP contribution in [0.5, 0.6) is 0 Å². The second-order valence-corrected chi connectivity index (χ2v) is 8.06. The number of hydrogen-bond donors (Lipinski definition) is 1. The molecule has 2 heterocycles. The molecule has 3 aromatic rings. The summed E-state index contributed by atoms with van der Waals surface area (Å²) < 4.78 is 1.78. The Balaban J connectivity index is 1.26. The summed E-state index contributed by atoms with van der Waals surface area (Å²) in [6, 6.07) is 16.6. The van der Waals surface area contributed by atoms with E-state index in [-0.39, 0.29) is 5.91 Å². The van der Waals surface area contributed by atoms with Gasteiger partial charge in [0.05, 0.1) is 5.69 Å². The third-order valence-corrected chi connectivity index (χ3v) is 6.29.